The number of hydrogen-bond donors (Lipinski definition) is 2. The minimum Gasteiger partial charge on any atom is -0.466 e. The molecule has 4 rings (SSSR count). The first-order valence-corrected chi connectivity index (χ1v) is 28.0. The molecule has 17 nitrogen and oxygen atoms in total. The Hall–Kier alpha value is -3.75. The van der Waals surface area contributed by atoms with Crippen molar-refractivity contribution in [3.63, 3.8) is 0 Å². The lowest BCUT2D eigenvalue weighted by Crippen LogP contribution is -2.63. The predicted molar refractivity (Wildman–Crippen MR) is 265 cm³/mol. The summed E-state index contributed by atoms with van der Waals surface area (Å²) in [5, 5.41) is 23.0. The monoisotopic (exact) mass is 1020 g/mol. The van der Waals surface area contributed by atoms with Gasteiger partial charge in [0.25, 0.3) is 0 Å². The second-order valence-corrected chi connectivity index (χ2v) is 25.4. The van der Waals surface area contributed by atoms with Gasteiger partial charge < -0.3 is 57.3 Å². The van der Waals surface area contributed by atoms with Gasteiger partial charge in [-0.15, -0.1) is 0 Å². The number of carbonyl (C=O) groups is 5. The van der Waals surface area contributed by atoms with Gasteiger partial charge in [0.1, 0.15) is 24.4 Å². The van der Waals surface area contributed by atoms with Crippen LogP contribution in [0.15, 0.2) is 47.6 Å². The molecule has 0 spiro atoms. The van der Waals surface area contributed by atoms with Gasteiger partial charge in [0, 0.05) is 63.4 Å². The zero-order chi connectivity index (χ0) is 52.9. The molecule has 3 fully saturated rings. The van der Waals surface area contributed by atoms with Crippen molar-refractivity contribution in [2.75, 3.05) is 21.3 Å². The van der Waals surface area contributed by atoms with Gasteiger partial charge in [0.2, 0.25) is 0 Å². The van der Waals surface area contributed by atoms with Crippen molar-refractivity contribution in [3.05, 3.63) is 47.6 Å². The normalized spacial score (nSPS) is 34.5. The number of ether oxygens (including phenoxy) is 9. The van der Waals surface area contributed by atoms with Crippen molar-refractivity contribution in [2.24, 2.45) is 10.8 Å². The molecular formula is C53H84O17Si. The highest BCUT2D eigenvalue weighted by molar-refractivity contribution is 6.73. The fourth-order valence-electron chi connectivity index (χ4n) is 10.2. The van der Waals surface area contributed by atoms with Crippen molar-refractivity contribution in [1.29, 1.82) is 0 Å². The van der Waals surface area contributed by atoms with Gasteiger partial charge in [-0.1, -0.05) is 72.8 Å². The first-order valence-electron chi connectivity index (χ1n) is 25.5. The number of methoxy groups -OCH3 is 3. The summed E-state index contributed by atoms with van der Waals surface area (Å²) in [7, 11) is 1.69. The van der Waals surface area contributed by atoms with Gasteiger partial charge >= 0.3 is 29.8 Å². The van der Waals surface area contributed by atoms with Gasteiger partial charge in [0.05, 0.1) is 62.7 Å². The Morgan fingerprint density at radius 2 is 1.51 bits per heavy atom. The number of esters is 5. The highest BCUT2D eigenvalue weighted by Gasteiger charge is 2.59. The van der Waals surface area contributed by atoms with Gasteiger partial charge in [-0.3, -0.25) is 14.4 Å². The number of cyclic esters (lactones) is 1. The lowest BCUT2D eigenvalue weighted by molar-refractivity contribution is -0.358. The molecule has 4 heterocycles. The van der Waals surface area contributed by atoms with E-state index < -0.39 is 122 Å². The Morgan fingerprint density at radius 1 is 0.873 bits per heavy atom. The van der Waals surface area contributed by atoms with Crippen LogP contribution < -0.4 is 0 Å². The molecule has 12 atom stereocenters. The topological polar surface area (TPSA) is 221 Å². The largest absolute Gasteiger partial charge is 0.466 e. The molecule has 3 saturated heterocycles. The number of aliphatic hydroxyl groups excluding tert-OH is 2. The van der Waals surface area contributed by atoms with Crippen LogP contribution in [0.3, 0.4) is 0 Å². The number of carbonyl (C=O) groups excluding carboxylic acids is 5. The molecule has 4 bridgehead atoms. The van der Waals surface area contributed by atoms with E-state index in [1.54, 1.807) is 21.0 Å². The van der Waals surface area contributed by atoms with Crippen molar-refractivity contribution < 1.29 is 81.2 Å². The SMILES string of the molecule is CC[Si](CC)(CC)O[C@@H]1CC(=O)OC([C@@H](C)O)C[C@@H]2O[C@@H]2/C(=C\C(=O)OC)C(OC(C)=O)C(O)C(C)(C)/C=C/CCC/C=C\[C@H]2O[C@H](CC/C2=C/C(=O)OC)C[C@@]2(OC)O[C@@H](C1)C[C@H](OC(C)=O)C2(C)C. The molecule has 0 amide bonds. The summed E-state index contributed by atoms with van der Waals surface area (Å²) in [6.07, 6.45) is 4.38. The van der Waals surface area contributed by atoms with Crippen LogP contribution >= 0.6 is 0 Å². The molecule has 402 valence electrons. The molecular weight excluding hydrogens is 937 g/mol. The van der Waals surface area contributed by atoms with Crippen molar-refractivity contribution in [2.45, 2.75) is 225 Å². The molecule has 0 radical (unpaired) electrons. The first kappa shape index (κ1) is 59.8. The van der Waals surface area contributed by atoms with E-state index in [1.165, 1.54) is 41.1 Å². The quantitative estimate of drug-likeness (QED) is 0.0512. The molecule has 0 aromatic carbocycles. The van der Waals surface area contributed by atoms with E-state index in [-0.39, 0.29) is 37.7 Å². The average molecular weight is 1020 g/mol. The van der Waals surface area contributed by atoms with Crippen LogP contribution in [0.4, 0.5) is 0 Å². The minimum atomic E-state index is -2.40. The van der Waals surface area contributed by atoms with Crippen LogP contribution in [-0.2, 0) is 71.0 Å². The zero-order valence-electron chi connectivity index (χ0n) is 44.5. The first-order chi connectivity index (χ1) is 33.4. The lowest BCUT2D eigenvalue weighted by Gasteiger charge is -2.55. The van der Waals surface area contributed by atoms with E-state index in [0.717, 1.165) is 36.2 Å². The van der Waals surface area contributed by atoms with Crippen molar-refractivity contribution in [3.8, 4) is 0 Å². The standard InChI is InChI=1S/C53H84O17Si/c1-14-71(15-2,16-3)70-39-27-38-28-44(64-34(5)55)52(9,10)53(63-13,69-38)32-37-24-23-36(26-45(57)61-11)41(66-37)22-20-18-17-19-21-25-51(7,8)50(60)49(65-35(6)56)40(30-46(58)62-12)48-43(68-48)31-42(33(4)54)67-47(59)29-39/h20-22,25-26,30,33,37-39,41-44,48-50,54,60H,14-19,23-24,27-29,31-32H2,1-13H3/b22-20-,25-21+,36-26-,40-30+/t33-,37-,38+,39+,41-,42?,43+,44+,48-,49?,50?,53-/m1/s1. The summed E-state index contributed by atoms with van der Waals surface area (Å²) >= 11 is 0. The number of hydrogen-bond acceptors (Lipinski definition) is 17. The summed E-state index contributed by atoms with van der Waals surface area (Å²) in [6, 6.07) is 2.37. The molecule has 4 aliphatic rings. The highest BCUT2D eigenvalue weighted by atomic mass is 28.4. The summed E-state index contributed by atoms with van der Waals surface area (Å²) in [4.78, 5) is 65.0. The minimum absolute atomic E-state index is 0.00160. The van der Waals surface area contributed by atoms with E-state index in [0.29, 0.717) is 25.7 Å². The lowest BCUT2D eigenvalue weighted by atomic mass is 9.70. The molecule has 71 heavy (non-hydrogen) atoms. The third-order valence-electron chi connectivity index (χ3n) is 14.9. The molecule has 0 aromatic heterocycles. The maximum atomic E-state index is 14.2. The predicted octanol–water partition coefficient (Wildman–Crippen LogP) is 7.45. The Morgan fingerprint density at radius 3 is 2.10 bits per heavy atom. The fourth-order valence-corrected chi connectivity index (χ4v) is 13.1. The summed E-state index contributed by atoms with van der Waals surface area (Å²) in [5.41, 5.74) is -0.987. The van der Waals surface area contributed by atoms with E-state index >= 15 is 0 Å². The number of aliphatic hydroxyl groups is 2. The summed E-state index contributed by atoms with van der Waals surface area (Å²) in [6.45, 7) is 17.8. The van der Waals surface area contributed by atoms with Crippen LogP contribution in [0.5, 0.6) is 0 Å². The van der Waals surface area contributed by atoms with Gasteiger partial charge in [-0.25, -0.2) is 9.59 Å². The maximum absolute atomic E-state index is 14.2. The number of epoxide rings is 1. The van der Waals surface area contributed by atoms with Crippen LogP contribution in [0.2, 0.25) is 18.1 Å². The second-order valence-electron chi connectivity index (χ2n) is 20.7. The number of rotatable bonds is 11. The van der Waals surface area contributed by atoms with Crippen LogP contribution in [0.1, 0.15) is 133 Å². The number of allylic oxidation sites excluding steroid dienone is 2. The molecule has 18 heteroatoms. The van der Waals surface area contributed by atoms with E-state index in [9.17, 15) is 34.2 Å². The number of fused-ring (bicyclic) bond motifs is 5. The molecule has 2 N–H and O–H groups in total. The molecule has 3 unspecified atom stereocenters. The third kappa shape index (κ3) is 16.1. The van der Waals surface area contributed by atoms with Crippen LogP contribution in [-0.4, -0.2) is 143 Å². The fraction of sp³-hybridized carbons (Fsp3) is 0.755. The highest BCUT2D eigenvalue weighted by Crippen LogP contribution is 2.51. The third-order valence-corrected chi connectivity index (χ3v) is 19.6. The second kappa shape index (κ2) is 26.5. The summed E-state index contributed by atoms with van der Waals surface area (Å²) < 4.78 is 61.4. The van der Waals surface area contributed by atoms with Gasteiger partial charge in [0.15, 0.2) is 20.2 Å². The van der Waals surface area contributed by atoms with E-state index in [2.05, 4.69) is 20.8 Å². The van der Waals surface area contributed by atoms with Crippen LogP contribution in [0, 0.1) is 10.8 Å². The van der Waals surface area contributed by atoms with E-state index in [4.69, 9.17) is 47.1 Å². The molecule has 4 aliphatic heterocycles. The van der Waals surface area contributed by atoms with Crippen LogP contribution in [0.25, 0.3) is 0 Å². The smallest absolute Gasteiger partial charge is 0.330 e. The van der Waals surface area contributed by atoms with Gasteiger partial charge in [-0.05, 0) is 69.2 Å². The molecule has 0 aliphatic carbocycles. The maximum Gasteiger partial charge on any atom is 0.330 e. The molecule has 0 aromatic rings. The van der Waals surface area contributed by atoms with Gasteiger partial charge in [-0.2, -0.15) is 0 Å². The zero-order valence-corrected chi connectivity index (χ0v) is 45.5. The Balaban J connectivity index is 1.83. The van der Waals surface area contributed by atoms with Crippen molar-refractivity contribution in [1.82, 2.24) is 0 Å². The van der Waals surface area contributed by atoms with E-state index in [1.807, 2.05) is 38.2 Å². The molecule has 0 saturated carbocycles. The van der Waals surface area contributed by atoms with Crippen molar-refractivity contribution >= 4 is 38.2 Å². The average Bonchev–Trinajstić information content (AvgIpc) is 4.08. The summed E-state index contributed by atoms with van der Waals surface area (Å²) in [5.74, 6) is -4.42. The Bertz CT molecular complexity index is 1930. The Kier molecular flexibility index (Phi) is 22.3. The Labute approximate surface area is 422 Å².